The van der Waals surface area contributed by atoms with Crippen molar-refractivity contribution in [2.45, 2.75) is 64.3 Å². The third-order valence-electron chi connectivity index (χ3n) is 7.86. The van der Waals surface area contributed by atoms with Crippen LogP contribution in [0.3, 0.4) is 0 Å². The Morgan fingerprint density at radius 2 is 1.32 bits per heavy atom. The maximum Gasteiger partial charge on any atom is 0.417 e. The molecule has 0 amide bonds. The quantitative estimate of drug-likeness (QED) is 0.162. The number of aliphatic hydroxyl groups excluding tert-OH is 1. The van der Waals surface area contributed by atoms with Gasteiger partial charge in [-0.05, 0) is 65.5 Å². The number of rotatable bonds is 13. The van der Waals surface area contributed by atoms with Gasteiger partial charge in [0.2, 0.25) is 0 Å². The second-order valence-corrected chi connectivity index (χ2v) is 11.5. The minimum atomic E-state index is -0.583. The van der Waals surface area contributed by atoms with Gasteiger partial charge < -0.3 is 9.52 Å². The molecule has 0 saturated heterocycles. The molecule has 0 aliphatic rings. The first-order valence-electron chi connectivity index (χ1n) is 14.6. The Labute approximate surface area is 242 Å². The molecule has 212 valence electrons. The van der Waals surface area contributed by atoms with Crippen molar-refractivity contribution in [2.75, 3.05) is 0 Å². The first-order valence-corrected chi connectivity index (χ1v) is 14.6. The molecular formula is C36H40N2O3. The molecule has 5 heteroatoms. The van der Waals surface area contributed by atoms with Crippen molar-refractivity contribution in [1.29, 1.82) is 0 Å². The minimum Gasteiger partial charge on any atom is -0.408 e. The highest BCUT2D eigenvalue weighted by molar-refractivity contribution is 5.72. The summed E-state index contributed by atoms with van der Waals surface area (Å²) in [5.74, 6) is 0.111. The second kappa shape index (κ2) is 13.6. The van der Waals surface area contributed by atoms with Crippen LogP contribution in [0.4, 0.5) is 0 Å². The molecule has 0 aliphatic carbocycles. The predicted octanol–water partition coefficient (Wildman–Crippen LogP) is 7.32. The highest BCUT2D eigenvalue weighted by Gasteiger charge is 2.30. The molecule has 5 aromatic rings. The number of aromatic amines is 1. The van der Waals surface area contributed by atoms with Gasteiger partial charge in [0.05, 0.1) is 11.6 Å². The smallest absolute Gasteiger partial charge is 0.408 e. The van der Waals surface area contributed by atoms with Crippen molar-refractivity contribution in [3.05, 3.63) is 142 Å². The summed E-state index contributed by atoms with van der Waals surface area (Å²) >= 11 is 0. The van der Waals surface area contributed by atoms with E-state index < -0.39 is 11.9 Å². The molecule has 5 rings (SSSR count). The average molecular weight is 549 g/mol. The fourth-order valence-electron chi connectivity index (χ4n) is 5.89. The second-order valence-electron chi connectivity index (χ2n) is 11.5. The molecule has 4 aromatic carbocycles. The molecule has 2 N–H and O–H groups in total. The number of aromatic nitrogens is 1. The lowest BCUT2D eigenvalue weighted by Gasteiger charge is -2.37. The number of oxazole rings is 1. The first-order chi connectivity index (χ1) is 19.9. The average Bonchev–Trinajstić information content (AvgIpc) is 3.36. The SMILES string of the molecule is CC(C)CC(C[C@@H](O)[C@H](Cc1ccccc1)N(Cc1ccccc1)Cc1ccccc1)c1ccc2[nH]c(=O)oc2c1. The van der Waals surface area contributed by atoms with Crippen molar-refractivity contribution in [2.24, 2.45) is 5.92 Å². The van der Waals surface area contributed by atoms with Crippen LogP contribution < -0.4 is 5.76 Å². The highest BCUT2D eigenvalue weighted by atomic mass is 16.4. The van der Waals surface area contributed by atoms with Crippen LogP contribution in [0.1, 0.15) is 54.9 Å². The molecule has 5 nitrogen and oxygen atoms in total. The summed E-state index contributed by atoms with van der Waals surface area (Å²) in [6.45, 7) is 5.90. The van der Waals surface area contributed by atoms with E-state index in [1.807, 2.05) is 30.3 Å². The molecule has 0 saturated carbocycles. The summed E-state index contributed by atoms with van der Waals surface area (Å²) in [5, 5.41) is 12.1. The molecule has 3 atom stereocenters. The molecule has 0 fully saturated rings. The van der Waals surface area contributed by atoms with Crippen LogP contribution in [-0.4, -0.2) is 27.1 Å². The van der Waals surface area contributed by atoms with E-state index in [-0.39, 0.29) is 12.0 Å². The zero-order valence-corrected chi connectivity index (χ0v) is 23.9. The summed E-state index contributed by atoms with van der Waals surface area (Å²) in [4.78, 5) is 17.0. The van der Waals surface area contributed by atoms with E-state index in [1.165, 1.54) is 16.7 Å². The van der Waals surface area contributed by atoms with Crippen molar-refractivity contribution in [3.8, 4) is 0 Å². The Balaban J connectivity index is 1.49. The van der Waals surface area contributed by atoms with E-state index in [4.69, 9.17) is 4.42 Å². The van der Waals surface area contributed by atoms with Crippen LogP contribution in [0.25, 0.3) is 11.1 Å². The van der Waals surface area contributed by atoms with Gasteiger partial charge in [0.25, 0.3) is 0 Å². The van der Waals surface area contributed by atoms with Crippen molar-refractivity contribution < 1.29 is 9.52 Å². The lowest BCUT2D eigenvalue weighted by Crippen LogP contribution is -2.45. The number of fused-ring (bicyclic) bond motifs is 1. The van der Waals surface area contributed by atoms with E-state index in [0.29, 0.717) is 23.4 Å². The summed E-state index contributed by atoms with van der Waals surface area (Å²) in [7, 11) is 0. The molecule has 1 unspecified atom stereocenters. The maximum atomic E-state index is 12.1. The van der Waals surface area contributed by atoms with Crippen molar-refractivity contribution >= 4 is 11.1 Å². The number of benzene rings is 4. The van der Waals surface area contributed by atoms with Crippen LogP contribution in [0.15, 0.2) is 118 Å². The number of aliphatic hydroxyl groups is 1. The summed E-state index contributed by atoms with van der Waals surface area (Å²) in [6.07, 6.45) is 1.69. The molecule has 41 heavy (non-hydrogen) atoms. The fraction of sp³-hybridized carbons (Fsp3) is 0.306. The lowest BCUT2D eigenvalue weighted by molar-refractivity contribution is 0.0285. The largest absolute Gasteiger partial charge is 0.417 e. The van der Waals surface area contributed by atoms with E-state index in [9.17, 15) is 9.90 Å². The van der Waals surface area contributed by atoms with Crippen LogP contribution in [0, 0.1) is 5.92 Å². The predicted molar refractivity (Wildman–Crippen MR) is 166 cm³/mol. The van der Waals surface area contributed by atoms with Crippen LogP contribution in [0.5, 0.6) is 0 Å². The van der Waals surface area contributed by atoms with E-state index in [0.717, 1.165) is 31.5 Å². The number of nitrogens with one attached hydrogen (secondary N) is 1. The molecule has 1 aromatic heterocycles. The van der Waals surface area contributed by atoms with Crippen molar-refractivity contribution in [1.82, 2.24) is 9.88 Å². The van der Waals surface area contributed by atoms with Gasteiger partial charge in [-0.25, -0.2) is 4.79 Å². The van der Waals surface area contributed by atoms with Gasteiger partial charge in [-0.1, -0.05) is 111 Å². The van der Waals surface area contributed by atoms with Crippen LogP contribution >= 0.6 is 0 Å². The van der Waals surface area contributed by atoms with Crippen LogP contribution in [0.2, 0.25) is 0 Å². The highest BCUT2D eigenvalue weighted by Crippen LogP contribution is 2.33. The van der Waals surface area contributed by atoms with Gasteiger partial charge in [-0.3, -0.25) is 9.88 Å². The minimum absolute atomic E-state index is 0.110. The third kappa shape index (κ3) is 7.84. The van der Waals surface area contributed by atoms with Gasteiger partial charge in [0.15, 0.2) is 5.58 Å². The normalized spacial score (nSPS) is 14.0. The van der Waals surface area contributed by atoms with Gasteiger partial charge >= 0.3 is 5.76 Å². The standard InChI is InChI=1S/C36H40N2O3/c1-26(2)20-31(30-18-19-32-35(23-30)41-36(40)37-32)22-34(39)33(21-27-12-6-3-7-13-27)38(24-28-14-8-4-9-15-28)25-29-16-10-5-11-17-29/h3-19,23,26,31,33-34,39H,20-22,24-25H2,1-2H3,(H,37,40)/t31?,33-,34+/m0/s1. The summed E-state index contributed by atoms with van der Waals surface area (Å²) in [5.41, 5.74) is 6.00. The first kappa shape index (κ1) is 28.6. The van der Waals surface area contributed by atoms with E-state index >= 15 is 0 Å². The number of H-pyrrole nitrogens is 1. The molecule has 1 heterocycles. The van der Waals surface area contributed by atoms with Crippen LogP contribution in [-0.2, 0) is 19.5 Å². The zero-order chi connectivity index (χ0) is 28.6. The van der Waals surface area contributed by atoms with E-state index in [2.05, 4.69) is 103 Å². The Morgan fingerprint density at radius 1 is 0.756 bits per heavy atom. The van der Waals surface area contributed by atoms with Gasteiger partial charge in [0, 0.05) is 19.1 Å². The molecule has 0 aliphatic heterocycles. The monoisotopic (exact) mass is 548 g/mol. The van der Waals surface area contributed by atoms with E-state index in [1.54, 1.807) is 0 Å². The lowest BCUT2D eigenvalue weighted by atomic mass is 9.83. The Kier molecular flexibility index (Phi) is 9.50. The van der Waals surface area contributed by atoms with Gasteiger partial charge in [0.1, 0.15) is 0 Å². The zero-order valence-electron chi connectivity index (χ0n) is 23.9. The third-order valence-corrected chi connectivity index (χ3v) is 7.86. The van der Waals surface area contributed by atoms with Crippen molar-refractivity contribution in [3.63, 3.8) is 0 Å². The fourth-order valence-corrected chi connectivity index (χ4v) is 5.89. The molecule has 0 bridgehead atoms. The number of hydrogen-bond acceptors (Lipinski definition) is 4. The number of nitrogens with zero attached hydrogens (tertiary/aromatic N) is 1. The molecule has 0 radical (unpaired) electrons. The Hall–Kier alpha value is -3.93. The summed E-state index contributed by atoms with van der Waals surface area (Å²) < 4.78 is 5.38. The Morgan fingerprint density at radius 3 is 1.88 bits per heavy atom. The molecular weight excluding hydrogens is 508 g/mol. The van der Waals surface area contributed by atoms with Gasteiger partial charge in [-0.2, -0.15) is 0 Å². The molecule has 0 spiro atoms. The summed E-state index contributed by atoms with van der Waals surface area (Å²) in [6, 6.07) is 37.3. The van der Waals surface area contributed by atoms with Gasteiger partial charge in [-0.15, -0.1) is 0 Å². The Bertz CT molecular complexity index is 1500. The maximum absolute atomic E-state index is 12.1. The number of hydrogen-bond donors (Lipinski definition) is 2. The topological polar surface area (TPSA) is 69.5 Å².